The van der Waals surface area contributed by atoms with Crippen molar-refractivity contribution in [3.8, 4) is 11.1 Å². The van der Waals surface area contributed by atoms with Gasteiger partial charge in [0.05, 0.1) is 112 Å². The lowest BCUT2D eigenvalue weighted by atomic mass is 9.98. The molecule has 14 heteroatoms. The van der Waals surface area contributed by atoms with E-state index in [0.717, 1.165) is 0 Å². The number of carbonyl (C=O) groups excluding carboxylic acids is 1. The number of nitrogens with zero attached hydrogens (tertiary/aromatic N) is 1. The maximum atomic E-state index is 12.6. The lowest BCUT2D eigenvalue weighted by Gasteiger charge is -2.19. The fraction of sp³-hybridized carbons (Fsp3) is 0.611. The van der Waals surface area contributed by atoms with Gasteiger partial charge >= 0.3 is 12.1 Å². The molecule has 0 radical (unpaired) electrons. The largest absolute Gasteiger partial charge is 0.480 e. The van der Waals surface area contributed by atoms with Crippen molar-refractivity contribution in [1.29, 1.82) is 0 Å². The van der Waals surface area contributed by atoms with Crippen molar-refractivity contribution in [2.75, 3.05) is 139 Å². The number of rotatable bonds is 31. The Labute approximate surface area is 294 Å². The van der Waals surface area contributed by atoms with E-state index < -0.39 is 5.97 Å². The van der Waals surface area contributed by atoms with Crippen LogP contribution in [0.25, 0.3) is 11.1 Å². The predicted octanol–water partition coefficient (Wildman–Crippen LogP) is 3.10. The van der Waals surface area contributed by atoms with Crippen LogP contribution in [-0.4, -0.2) is 161 Å². The second-order valence-corrected chi connectivity index (χ2v) is 11.1. The number of ether oxygens (including phenoxy) is 10. The van der Waals surface area contributed by atoms with E-state index in [1.54, 1.807) is 7.05 Å². The summed E-state index contributed by atoms with van der Waals surface area (Å²) in [6.45, 7) is 7.67. The minimum absolute atomic E-state index is 0.0344. The number of aliphatic carboxylic acids is 1. The molecular weight excluding hydrogens is 654 g/mol. The summed E-state index contributed by atoms with van der Waals surface area (Å²) in [5.41, 5.74) is 4.78. The third-order valence-electron chi connectivity index (χ3n) is 7.42. The van der Waals surface area contributed by atoms with Crippen LogP contribution in [-0.2, 0) is 52.2 Å². The Morgan fingerprint density at radius 2 is 0.880 bits per heavy atom. The van der Waals surface area contributed by atoms with Gasteiger partial charge in [0.2, 0.25) is 0 Å². The lowest BCUT2D eigenvalue weighted by molar-refractivity contribution is -0.142. The van der Waals surface area contributed by atoms with Gasteiger partial charge in [-0.2, -0.15) is 0 Å². The molecule has 280 valence electrons. The van der Waals surface area contributed by atoms with Gasteiger partial charge in [0.1, 0.15) is 13.2 Å². The third-order valence-corrected chi connectivity index (χ3v) is 7.42. The SMILES string of the molecule is CN(CCOCCOCCOCCOCCOCCOCCOCCOCCOCC(=O)O)C(=O)OCC1c2ccccc2-c2ccccc21. The van der Waals surface area contributed by atoms with Gasteiger partial charge in [-0.3, -0.25) is 0 Å². The van der Waals surface area contributed by atoms with Crippen molar-refractivity contribution >= 4 is 12.1 Å². The van der Waals surface area contributed by atoms with E-state index in [0.29, 0.717) is 119 Å². The summed E-state index contributed by atoms with van der Waals surface area (Å²) < 4.78 is 54.1. The van der Waals surface area contributed by atoms with Gasteiger partial charge in [-0.1, -0.05) is 48.5 Å². The number of hydrogen-bond acceptors (Lipinski definition) is 12. The van der Waals surface area contributed by atoms with Crippen molar-refractivity contribution in [2.24, 2.45) is 0 Å². The van der Waals surface area contributed by atoms with Crippen LogP contribution in [0.4, 0.5) is 4.79 Å². The van der Waals surface area contributed by atoms with Crippen LogP contribution in [0.15, 0.2) is 48.5 Å². The third kappa shape index (κ3) is 17.2. The van der Waals surface area contributed by atoms with E-state index in [4.69, 9.17) is 52.5 Å². The first-order chi connectivity index (χ1) is 24.6. The molecule has 1 aliphatic carbocycles. The van der Waals surface area contributed by atoms with Crippen molar-refractivity contribution in [3.63, 3.8) is 0 Å². The van der Waals surface area contributed by atoms with Gasteiger partial charge in [0, 0.05) is 19.5 Å². The van der Waals surface area contributed by atoms with Gasteiger partial charge in [0.25, 0.3) is 0 Å². The maximum Gasteiger partial charge on any atom is 0.409 e. The van der Waals surface area contributed by atoms with Crippen LogP contribution in [0.2, 0.25) is 0 Å². The molecule has 0 atom stereocenters. The summed E-state index contributed by atoms with van der Waals surface area (Å²) in [5, 5.41) is 8.44. The van der Waals surface area contributed by atoms with E-state index in [1.807, 2.05) is 24.3 Å². The first-order valence-electron chi connectivity index (χ1n) is 17.1. The molecule has 50 heavy (non-hydrogen) atoms. The fourth-order valence-electron chi connectivity index (χ4n) is 4.92. The summed E-state index contributed by atoms with van der Waals surface area (Å²) in [5.74, 6) is -0.965. The zero-order valence-corrected chi connectivity index (χ0v) is 29.1. The molecule has 0 heterocycles. The van der Waals surface area contributed by atoms with Crippen LogP contribution >= 0.6 is 0 Å². The predicted molar refractivity (Wildman–Crippen MR) is 183 cm³/mol. The van der Waals surface area contributed by atoms with Crippen LogP contribution < -0.4 is 0 Å². The van der Waals surface area contributed by atoms with Gasteiger partial charge < -0.3 is 57.4 Å². The second-order valence-electron chi connectivity index (χ2n) is 11.1. The molecule has 0 fully saturated rings. The van der Waals surface area contributed by atoms with E-state index in [2.05, 4.69) is 24.3 Å². The minimum Gasteiger partial charge on any atom is -0.480 e. The molecular formula is C36H53NO13. The minimum atomic E-state index is -1.000. The monoisotopic (exact) mass is 707 g/mol. The summed E-state index contributed by atoms with van der Waals surface area (Å²) in [6.07, 6.45) is -0.370. The molecule has 1 aliphatic rings. The Hall–Kier alpha value is -3.18. The number of benzene rings is 2. The Bertz CT molecular complexity index is 1150. The number of fused-ring (bicyclic) bond motifs is 3. The quantitative estimate of drug-likeness (QED) is 0.115. The van der Waals surface area contributed by atoms with Crippen LogP contribution in [0.3, 0.4) is 0 Å². The summed E-state index contributed by atoms with van der Waals surface area (Å²) in [4.78, 5) is 24.4. The zero-order chi connectivity index (χ0) is 35.5. The van der Waals surface area contributed by atoms with E-state index >= 15 is 0 Å². The Morgan fingerprint density at radius 1 is 0.540 bits per heavy atom. The Kier molecular flexibility index (Phi) is 21.9. The number of carboxylic acid groups (broad SMARTS) is 1. The molecule has 2 aromatic rings. The first-order valence-corrected chi connectivity index (χ1v) is 17.1. The molecule has 1 amide bonds. The molecule has 0 bridgehead atoms. The fourth-order valence-corrected chi connectivity index (χ4v) is 4.92. The summed E-state index contributed by atoms with van der Waals surface area (Å²) in [7, 11) is 1.71. The normalized spacial score (nSPS) is 12.2. The van der Waals surface area contributed by atoms with Gasteiger partial charge in [-0.15, -0.1) is 0 Å². The highest BCUT2D eigenvalue weighted by Crippen LogP contribution is 2.44. The average molecular weight is 708 g/mol. The van der Waals surface area contributed by atoms with Crippen molar-refractivity contribution in [3.05, 3.63) is 59.7 Å². The van der Waals surface area contributed by atoms with Crippen LogP contribution in [0.5, 0.6) is 0 Å². The molecule has 1 N–H and O–H groups in total. The van der Waals surface area contributed by atoms with Crippen molar-refractivity contribution < 1.29 is 62.1 Å². The molecule has 2 aromatic carbocycles. The highest BCUT2D eigenvalue weighted by atomic mass is 16.6. The van der Waals surface area contributed by atoms with E-state index in [-0.39, 0.29) is 25.2 Å². The highest BCUT2D eigenvalue weighted by Gasteiger charge is 2.29. The molecule has 3 rings (SSSR count). The number of likely N-dealkylation sites (N-methyl/N-ethyl adjacent to an activating group) is 1. The van der Waals surface area contributed by atoms with Crippen LogP contribution in [0.1, 0.15) is 17.0 Å². The van der Waals surface area contributed by atoms with E-state index in [1.165, 1.54) is 27.2 Å². The van der Waals surface area contributed by atoms with Gasteiger partial charge in [0.15, 0.2) is 0 Å². The van der Waals surface area contributed by atoms with Crippen molar-refractivity contribution in [1.82, 2.24) is 4.90 Å². The number of amides is 1. The van der Waals surface area contributed by atoms with Crippen molar-refractivity contribution in [2.45, 2.75) is 5.92 Å². The topological polar surface area (TPSA) is 150 Å². The maximum absolute atomic E-state index is 12.6. The number of carboxylic acids is 1. The number of hydrogen-bond donors (Lipinski definition) is 1. The molecule has 0 unspecified atom stereocenters. The molecule has 0 saturated heterocycles. The second kappa shape index (κ2) is 26.6. The molecule has 0 spiro atoms. The van der Waals surface area contributed by atoms with Crippen LogP contribution in [0, 0.1) is 0 Å². The molecule has 0 aliphatic heterocycles. The Balaban J connectivity index is 1.01. The zero-order valence-electron chi connectivity index (χ0n) is 29.1. The first kappa shape index (κ1) is 41.2. The number of carbonyl (C=O) groups is 2. The molecule has 0 saturated carbocycles. The molecule has 14 nitrogen and oxygen atoms in total. The highest BCUT2D eigenvalue weighted by molar-refractivity contribution is 5.79. The smallest absolute Gasteiger partial charge is 0.409 e. The Morgan fingerprint density at radius 3 is 1.26 bits per heavy atom. The van der Waals surface area contributed by atoms with Gasteiger partial charge in [-0.05, 0) is 22.3 Å². The molecule has 0 aromatic heterocycles. The lowest BCUT2D eigenvalue weighted by Crippen LogP contribution is -2.32. The summed E-state index contributed by atoms with van der Waals surface area (Å²) in [6, 6.07) is 16.5. The van der Waals surface area contributed by atoms with E-state index in [9.17, 15) is 9.59 Å². The van der Waals surface area contributed by atoms with Gasteiger partial charge in [-0.25, -0.2) is 9.59 Å². The average Bonchev–Trinajstić information content (AvgIpc) is 3.44. The standard InChI is InChI=1S/C36H53NO13/c1-37(36(40)50-28-34-32-8-4-2-6-30(32)31-7-3-5-9-33(31)34)10-11-41-12-13-42-14-15-43-16-17-44-18-19-45-20-21-46-22-23-47-24-25-48-26-27-49-29-35(38)39/h2-9,34H,10-29H2,1H3,(H,38,39). The summed E-state index contributed by atoms with van der Waals surface area (Å²) >= 11 is 0.